The number of hydrogen-bond donors (Lipinski definition) is 4. The van der Waals surface area contributed by atoms with Gasteiger partial charge in [-0.05, 0) is 18.6 Å². The molecule has 1 aromatic rings. The molecule has 5 heteroatoms. The molecule has 0 spiro atoms. The van der Waals surface area contributed by atoms with E-state index >= 15 is 0 Å². The number of benzene rings is 1. The van der Waals surface area contributed by atoms with Crippen LogP contribution in [0.25, 0.3) is 0 Å². The third-order valence-corrected chi connectivity index (χ3v) is 2.97. The van der Waals surface area contributed by atoms with Crippen LogP contribution in [0.3, 0.4) is 0 Å². The summed E-state index contributed by atoms with van der Waals surface area (Å²) in [7, 11) is 1.54. The summed E-state index contributed by atoms with van der Waals surface area (Å²) in [5, 5.41) is 21.8. The van der Waals surface area contributed by atoms with E-state index < -0.39 is 5.54 Å². The molecule has 0 aromatic heterocycles. The number of aliphatic hydroxyl groups is 2. The molecule has 0 aliphatic rings. The van der Waals surface area contributed by atoms with Gasteiger partial charge in [0.25, 0.3) is 0 Å². The van der Waals surface area contributed by atoms with Crippen molar-refractivity contribution in [2.75, 3.05) is 31.4 Å². The molecule has 5 nitrogen and oxygen atoms in total. The Kier molecular flexibility index (Phi) is 4.60. The Morgan fingerprint density at radius 3 is 2.47 bits per heavy atom. The van der Waals surface area contributed by atoms with E-state index in [0.717, 1.165) is 0 Å². The molecular formula is C12H20N2O3. The standard InChI is InChI=1S/C12H20N2O3/c1-3-12(7-15,8-16)14-9-5-4-6-10(17-2)11(9)13/h4-6,14-16H,3,7-8,13H2,1-2H3. The van der Waals surface area contributed by atoms with E-state index in [2.05, 4.69) is 5.32 Å². The molecule has 0 radical (unpaired) electrons. The lowest BCUT2D eigenvalue weighted by atomic mass is 9.97. The molecule has 96 valence electrons. The highest BCUT2D eigenvalue weighted by molar-refractivity contribution is 5.73. The van der Waals surface area contributed by atoms with Gasteiger partial charge in [-0.25, -0.2) is 0 Å². The van der Waals surface area contributed by atoms with Gasteiger partial charge < -0.3 is 26.0 Å². The molecule has 0 saturated heterocycles. The molecule has 0 aliphatic heterocycles. The highest BCUT2D eigenvalue weighted by Crippen LogP contribution is 2.31. The predicted molar refractivity (Wildman–Crippen MR) is 68.2 cm³/mol. The Bertz CT molecular complexity index is 357. The molecule has 0 saturated carbocycles. The van der Waals surface area contributed by atoms with E-state index in [-0.39, 0.29) is 13.2 Å². The van der Waals surface area contributed by atoms with Crippen LogP contribution in [0.1, 0.15) is 13.3 Å². The van der Waals surface area contributed by atoms with Crippen molar-refractivity contribution in [1.29, 1.82) is 0 Å². The fourth-order valence-electron chi connectivity index (χ4n) is 1.56. The first-order valence-corrected chi connectivity index (χ1v) is 5.55. The number of ether oxygens (including phenoxy) is 1. The van der Waals surface area contributed by atoms with Crippen molar-refractivity contribution < 1.29 is 14.9 Å². The second-order valence-electron chi connectivity index (χ2n) is 4.00. The molecule has 0 aliphatic carbocycles. The molecule has 1 rings (SSSR count). The topological polar surface area (TPSA) is 87.7 Å². The maximum absolute atomic E-state index is 9.36. The van der Waals surface area contributed by atoms with Gasteiger partial charge in [-0.2, -0.15) is 0 Å². The van der Waals surface area contributed by atoms with Gasteiger partial charge in [0.15, 0.2) is 0 Å². The van der Waals surface area contributed by atoms with Crippen molar-refractivity contribution in [1.82, 2.24) is 0 Å². The Labute approximate surface area is 101 Å². The molecule has 17 heavy (non-hydrogen) atoms. The summed E-state index contributed by atoms with van der Waals surface area (Å²) in [5.41, 5.74) is 6.27. The highest BCUT2D eigenvalue weighted by Gasteiger charge is 2.27. The number of anilines is 2. The molecule has 5 N–H and O–H groups in total. The molecule has 0 amide bonds. The van der Waals surface area contributed by atoms with Crippen LogP contribution in [-0.4, -0.2) is 36.1 Å². The summed E-state index contributed by atoms with van der Waals surface area (Å²) in [5.74, 6) is 0.566. The Hall–Kier alpha value is -1.46. The van der Waals surface area contributed by atoms with Crippen LogP contribution >= 0.6 is 0 Å². The molecule has 1 aromatic carbocycles. The van der Waals surface area contributed by atoms with Gasteiger partial charge in [-0.15, -0.1) is 0 Å². The molecule has 0 fully saturated rings. The van der Waals surface area contributed by atoms with Crippen LogP contribution in [0, 0.1) is 0 Å². The first-order valence-electron chi connectivity index (χ1n) is 5.55. The summed E-state index contributed by atoms with van der Waals surface area (Å²) in [6.07, 6.45) is 0.580. The molecule has 0 unspecified atom stereocenters. The Morgan fingerprint density at radius 2 is 2.00 bits per heavy atom. The van der Waals surface area contributed by atoms with Crippen LogP contribution < -0.4 is 15.8 Å². The third kappa shape index (κ3) is 2.81. The smallest absolute Gasteiger partial charge is 0.143 e. The van der Waals surface area contributed by atoms with E-state index in [4.69, 9.17) is 10.5 Å². The van der Waals surface area contributed by atoms with Crippen LogP contribution in [0.5, 0.6) is 5.75 Å². The van der Waals surface area contributed by atoms with Gasteiger partial charge in [0.1, 0.15) is 5.75 Å². The monoisotopic (exact) mass is 240 g/mol. The van der Waals surface area contributed by atoms with E-state index in [9.17, 15) is 10.2 Å². The summed E-state index contributed by atoms with van der Waals surface area (Å²) in [6.45, 7) is 1.54. The lowest BCUT2D eigenvalue weighted by Gasteiger charge is -2.31. The number of methoxy groups -OCH3 is 1. The number of nitrogens with one attached hydrogen (secondary N) is 1. The van der Waals surface area contributed by atoms with Crippen molar-refractivity contribution in [2.45, 2.75) is 18.9 Å². The number of aliphatic hydroxyl groups excluding tert-OH is 2. The van der Waals surface area contributed by atoms with Gasteiger partial charge in [-0.1, -0.05) is 13.0 Å². The lowest BCUT2D eigenvalue weighted by molar-refractivity contribution is 0.132. The molecule has 0 atom stereocenters. The van der Waals surface area contributed by atoms with E-state index in [1.165, 1.54) is 0 Å². The fourth-order valence-corrected chi connectivity index (χ4v) is 1.56. The van der Waals surface area contributed by atoms with E-state index in [0.29, 0.717) is 23.5 Å². The summed E-state index contributed by atoms with van der Waals surface area (Å²) in [4.78, 5) is 0. The van der Waals surface area contributed by atoms with Crippen molar-refractivity contribution in [3.05, 3.63) is 18.2 Å². The molecule has 0 heterocycles. The van der Waals surface area contributed by atoms with Crippen LogP contribution in [0.2, 0.25) is 0 Å². The highest BCUT2D eigenvalue weighted by atomic mass is 16.5. The zero-order valence-corrected chi connectivity index (χ0v) is 10.2. The Balaban J connectivity index is 3.01. The zero-order chi connectivity index (χ0) is 12.9. The number of rotatable bonds is 6. The van der Waals surface area contributed by atoms with Crippen LogP contribution in [0.4, 0.5) is 11.4 Å². The van der Waals surface area contributed by atoms with Crippen LogP contribution in [-0.2, 0) is 0 Å². The number of para-hydroxylation sites is 1. The maximum atomic E-state index is 9.36. The third-order valence-electron chi connectivity index (χ3n) is 2.97. The van der Waals surface area contributed by atoms with E-state index in [1.54, 1.807) is 25.3 Å². The average Bonchev–Trinajstić information content (AvgIpc) is 2.38. The number of nitrogens with two attached hydrogens (primary N) is 1. The van der Waals surface area contributed by atoms with Gasteiger partial charge in [0, 0.05) is 0 Å². The Morgan fingerprint density at radius 1 is 1.35 bits per heavy atom. The van der Waals surface area contributed by atoms with Crippen molar-refractivity contribution in [3.8, 4) is 5.75 Å². The first-order chi connectivity index (χ1) is 8.12. The minimum Gasteiger partial charge on any atom is -0.495 e. The zero-order valence-electron chi connectivity index (χ0n) is 10.2. The molecular weight excluding hydrogens is 220 g/mol. The lowest BCUT2D eigenvalue weighted by Crippen LogP contribution is -2.45. The summed E-state index contributed by atoms with van der Waals surface area (Å²) in [6, 6.07) is 5.34. The second-order valence-corrected chi connectivity index (χ2v) is 4.00. The summed E-state index contributed by atoms with van der Waals surface area (Å²) < 4.78 is 5.11. The van der Waals surface area contributed by atoms with Crippen molar-refractivity contribution >= 4 is 11.4 Å². The van der Waals surface area contributed by atoms with Crippen molar-refractivity contribution in [3.63, 3.8) is 0 Å². The van der Waals surface area contributed by atoms with Gasteiger partial charge in [-0.3, -0.25) is 0 Å². The minimum atomic E-state index is -0.763. The van der Waals surface area contributed by atoms with Gasteiger partial charge in [0.2, 0.25) is 0 Å². The van der Waals surface area contributed by atoms with Gasteiger partial charge >= 0.3 is 0 Å². The van der Waals surface area contributed by atoms with Gasteiger partial charge in [0.05, 0.1) is 37.2 Å². The number of hydrogen-bond acceptors (Lipinski definition) is 5. The largest absolute Gasteiger partial charge is 0.495 e. The van der Waals surface area contributed by atoms with Crippen molar-refractivity contribution in [2.24, 2.45) is 0 Å². The SMILES string of the molecule is CCC(CO)(CO)Nc1cccc(OC)c1N. The predicted octanol–water partition coefficient (Wildman–Crippen LogP) is 0.823. The molecule has 0 bridgehead atoms. The summed E-state index contributed by atoms with van der Waals surface area (Å²) >= 11 is 0. The minimum absolute atomic E-state index is 0.170. The first kappa shape index (κ1) is 13.6. The quantitative estimate of drug-likeness (QED) is 0.553. The number of nitrogen functional groups attached to an aromatic ring is 1. The van der Waals surface area contributed by atoms with Crippen LogP contribution in [0.15, 0.2) is 18.2 Å². The average molecular weight is 240 g/mol. The maximum Gasteiger partial charge on any atom is 0.143 e. The normalized spacial score (nSPS) is 11.3. The second kappa shape index (κ2) is 5.75. The van der Waals surface area contributed by atoms with E-state index in [1.807, 2.05) is 6.92 Å². The fraction of sp³-hybridized carbons (Fsp3) is 0.500.